The Balaban J connectivity index is 2.12. The molecule has 0 radical (unpaired) electrons. The molecule has 9 heteroatoms. The molecule has 0 saturated heterocycles. The topological polar surface area (TPSA) is 112 Å². The predicted molar refractivity (Wildman–Crippen MR) is 91.3 cm³/mol. The summed E-state index contributed by atoms with van der Waals surface area (Å²) in [6.07, 6.45) is 2.85. The molecule has 0 bridgehead atoms. The summed E-state index contributed by atoms with van der Waals surface area (Å²) in [6.45, 7) is -0.493. The molecule has 1 unspecified atom stereocenters. The van der Waals surface area contributed by atoms with Gasteiger partial charge >= 0.3 is 5.97 Å². The molecule has 1 aliphatic carbocycles. The Kier molecular flexibility index (Phi) is 3.52. The monoisotopic (exact) mass is 361 g/mol. The van der Waals surface area contributed by atoms with Gasteiger partial charge in [0, 0.05) is 19.3 Å². The Morgan fingerprint density at radius 2 is 2.08 bits per heavy atom. The number of carboxylic acids is 1. The number of nitrogens with zero attached hydrogens (tertiary/aromatic N) is 2. The highest BCUT2D eigenvalue weighted by Crippen LogP contribution is 2.43. The molecule has 1 aromatic heterocycles. The van der Waals surface area contributed by atoms with E-state index in [9.17, 15) is 29.0 Å². The third-order valence-electron chi connectivity index (χ3n) is 4.96. The SMILES string of the molecule is CN1c2c(F)cc3c(=O)c(C(=O)O)cn(C4CC4)c3c2NC(=O)C1CO. The molecule has 136 valence electrons. The van der Waals surface area contributed by atoms with E-state index in [0.29, 0.717) is 5.52 Å². The molecule has 1 saturated carbocycles. The number of amides is 1. The molecule has 8 nitrogen and oxygen atoms in total. The lowest BCUT2D eigenvalue weighted by atomic mass is 10.0. The third kappa shape index (κ3) is 2.20. The van der Waals surface area contributed by atoms with Crippen molar-refractivity contribution >= 4 is 34.2 Å². The van der Waals surface area contributed by atoms with Crippen LogP contribution in [0.2, 0.25) is 0 Å². The summed E-state index contributed by atoms with van der Waals surface area (Å²) in [7, 11) is 1.48. The summed E-state index contributed by atoms with van der Waals surface area (Å²) in [6, 6.07) is 0.0434. The zero-order chi connectivity index (χ0) is 18.7. The number of aliphatic hydroxyl groups excluding tert-OH is 1. The molecule has 2 aromatic rings. The number of rotatable bonds is 3. The van der Waals surface area contributed by atoms with Crippen LogP contribution in [-0.2, 0) is 4.79 Å². The molecule has 3 N–H and O–H groups in total. The summed E-state index contributed by atoms with van der Waals surface area (Å²) in [4.78, 5) is 37.6. The fourth-order valence-corrected chi connectivity index (χ4v) is 3.48. The van der Waals surface area contributed by atoms with Gasteiger partial charge in [0.2, 0.25) is 11.3 Å². The van der Waals surface area contributed by atoms with Crippen LogP contribution in [0, 0.1) is 5.82 Å². The number of aromatic nitrogens is 1. The van der Waals surface area contributed by atoms with Gasteiger partial charge in [-0.1, -0.05) is 0 Å². The van der Waals surface area contributed by atoms with Crippen molar-refractivity contribution in [3.05, 3.63) is 33.9 Å². The highest BCUT2D eigenvalue weighted by atomic mass is 19.1. The normalized spacial score (nSPS) is 19.4. The number of fused-ring (bicyclic) bond motifs is 3. The van der Waals surface area contributed by atoms with E-state index in [-0.39, 0.29) is 22.8 Å². The van der Waals surface area contributed by atoms with Crippen LogP contribution < -0.4 is 15.6 Å². The molecule has 1 aliphatic heterocycles. The van der Waals surface area contributed by atoms with Gasteiger partial charge in [0.1, 0.15) is 17.4 Å². The molecule has 2 aliphatic rings. The smallest absolute Gasteiger partial charge is 0.341 e. The van der Waals surface area contributed by atoms with Crippen molar-refractivity contribution in [3.8, 4) is 0 Å². The van der Waals surface area contributed by atoms with Gasteiger partial charge in [-0.15, -0.1) is 0 Å². The molecule has 4 rings (SSSR count). The lowest BCUT2D eigenvalue weighted by Gasteiger charge is -2.35. The van der Waals surface area contributed by atoms with Gasteiger partial charge in [0.15, 0.2) is 0 Å². The molecule has 2 heterocycles. The summed E-state index contributed by atoms with van der Waals surface area (Å²) in [5.41, 5.74) is -0.749. The first kappa shape index (κ1) is 16.5. The summed E-state index contributed by atoms with van der Waals surface area (Å²) >= 11 is 0. The number of carbonyl (C=O) groups is 2. The Morgan fingerprint density at radius 1 is 1.38 bits per heavy atom. The number of aromatic carboxylic acids is 1. The van der Waals surface area contributed by atoms with E-state index in [1.807, 2.05) is 0 Å². The molecule has 1 aromatic carbocycles. The van der Waals surface area contributed by atoms with Gasteiger partial charge in [0.25, 0.3) is 0 Å². The largest absolute Gasteiger partial charge is 0.477 e. The number of carboxylic acid groups (broad SMARTS) is 1. The van der Waals surface area contributed by atoms with E-state index >= 15 is 0 Å². The average Bonchev–Trinajstić information content (AvgIpc) is 3.40. The second kappa shape index (κ2) is 5.53. The lowest BCUT2D eigenvalue weighted by molar-refractivity contribution is -0.118. The van der Waals surface area contributed by atoms with Crippen molar-refractivity contribution in [2.45, 2.75) is 24.9 Å². The fraction of sp³-hybridized carbons (Fsp3) is 0.353. The maximum absolute atomic E-state index is 14.8. The molecule has 1 amide bonds. The van der Waals surface area contributed by atoms with Gasteiger partial charge in [-0.05, 0) is 18.9 Å². The van der Waals surface area contributed by atoms with E-state index in [2.05, 4.69) is 5.32 Å². The summed E-state index contributed by atoms with van der Waals surface area (Å²) in [5.74, 6) is -2.67. The third-order valence-corrected chi connectivity index (χ3v) is 4.96. The molecule has 1 fully saturated rings. The van der Waals surface area contributed by atoms with Crippen molar-refractivity contribution in [3.63, 3.8) is 0 Å². The second-order valence-electron chi connectivity index (χ2n) is 6.59. The number of halogens is 1. The number of pyridine rings is 1. The highest BCUT2D eigenvalue weighted by molar-refractivity contribution is 6.12. The van der Waals surface area contributed by atoms with Crippen LogP contribution >= 0.6 is 0 Å². The predicted octanol–water partition coefficient (Wildman–Crippen LogP) is 0.923. The summed E-state index contributed by atoms with van der Waals surface area (Å²) < 4.78 is 16.4. The minimum Gasteiger partial charge on any atom is -0.477 e. The number of hydrogen-bond donors (Lipinski definition) is 3. The van der Waals surface area contributed by atoms with Crippen molar-refractivity contribution in [2.24, 2.45) is 0 Å². The average molecular weight is 361 g/mol. The van der Waals surface area contributed by atoms with E-state index in [1.54, 1.807) is 4.57 Å². The Hall–Kier alpha value is -2.94. The number of aliphatic hydroxyl groups is 1. The minimum absolute atomic E-state index is 0.0106. The molecule has 0 spiro atoms. The second-order valence-corrected chi connectivity index (χ2v) is 6.59. The quantitative estimate of drug-likeness (QED) is 0.750. The van der Waals surface area contributed by atoms with Gasteiger partial charge in [-0.25, -0.2) is 9.18 Å². The van der Waals surface area contributed by atoms with Crippen LogP contribution in [0.3, 0.4) is 0 Å². The first-order chi connectivity index (χ1) is 12.3. The van der Waals surface area contributed by atoms with Gasteiger partial charge < -0.3 is 25.0 Å². The van der Waals surface area contributed by atoms with E-state index in [4.69, 9.17) is 0 Å². The molecule has 1 atom stereocenters. The van der Waals surface area contributed by atoms with Gasteiger partial charge in [-0.2, -0.15) is 0 Å². The zero-order valence-electron chi connectivity index (χ0n) is 13.8. The van der Waals surface area contributed by atoms with Crippen molar-refractivity contribution in [2.75, 3.05) is 23.9 Å². The van der Waals surface area contributed by atoms with Crippen molar-refractivity contribution < 1.29 is 24.2 Å². The van der Waals surface area contributed by atoms with Crippen LogP contribution in [0.15, 0.2) is 17.1 Å². The van der Waals surface area contributed by atoms with Crippen LogP contribution in [0.4, 0.5) is 15.8 Å². The number of carbonyl (C=O) groups excluding carboxylic acids is 1. The maximum atomic E-state index is 14.8. The van der Waals surface area contributed by atoms with Crippen molar-refractivity contribution in [1.82, 2.24) is 4.57 Å². The van der Waals surface area contributed by atoms with Gasteiger partial charge in [0.05, 0.1) is 28.9 Å². The summed E-state index contributed by atoms with van der Waals surface area (Å²) in [5, 5.41) is 21.2. The number of benzene rings is 1. The van der Waals surface area contributed by atoms with Crippen LogP contribution in [-0.4, -0.2) is 46.4 Å². The van der Waals surface area contributed by atoms with E-state index in [0.717, 1.165) is 18.9 Å². The molecular weight excluding hydrogens is 345 g/mol. The Labute approximate surface area is 146 Å². The Morgan fingerprint density at radius 3 is 2.65 bits per heavy atom. The van der Waals surface area contributed by atoms with Crippen LogP contribution in [0.1, 0.15) is 29.2 Å². The zero-order valence-corrected chi connectivity index (χ0v) is 13.8. The van der Waals surface area contributed by atoms with Crippen LogP contribution in [0.5, 0.6) is 0 Å². The number of anilines is 2. The van der Waals surface area contributed by atoms with Crippen molar-refractivity contribution in [1.29, 1.82) is 0 Å². The Bertz CT molecular complexity index is 1030. The number of nitrogens with one attached hydrogen (secondary N) is 1. The van der Waals surface area contributed by atoms with Crippen LogP contribution in [0.25, 0.3) is 10.9 Å². The molecule has 26 heavy (non-hydrogen) atoms. The van der Waals surface area contributed by atoms with E-state index in [1.165, 1.54) is 18.1 Å². The number of likely N-dealkylation sites (N-methyl/N-ethyl adjacent to an activating group) is 1. The maximum Gasteiger partial charge on any atom is 0.341 e. The highest BCUT2D eigenvalue weighted by Gasteiger charge is 2.36. The number of hydrogen-bond acceptors (Lipinski definition) is 5. The molecular formula is C17H16FN3O5. The lowest BCUT2D eigenvalue weighted by Crippen LogP contribution is -2.48. The standard InChI is InChI=1S/C17H16FN3O5/c1-20-11(6-22)16(24)19-12-13-8(4-10(18)14(12)20)15(23)9(17(25)26)5-21(13)7-2-3-7/h4-5,7,11,22H,2-3,6H2,1H3,(H,19,24)(H,25,26). The van der Waals surface area contributed by atoms with E-state index < -0.39 is 41.3 Å². The first-order valence-corrected chi connectivity index (χ1v) is 8.14. The minimum atomic E-state index is -1.38. The fourth-order valence-electron chi connectivity index (χ4n) is 3.48. The van der Waals surface area contributed by atoms with Gasteiger partial charge in [-0.3, -0.25) is 9.59 Å². The first-order valence-electron chi connectivity index (χ1n) is 8.14.